The van der Waals surface area contributed by atoms with Gasteiger partial charge in [0.2, 0.25) is 5.91 Å². The number of ether oxygens (including phenoxy) is 1. The molecule has 0 atom stereocenters. The molecule has 104 valence electrons. The average molecular weight is 292 g/mol. The number of rotatable bonds is 4. The number of carbonyl (C=O) groups excluding carboxylic acids is 1. The normalized spacial score (nSPS) is 14.1. The molecule has 0 aliphatic heterocycles. The van der Waals surface area contributed by atoms with Crippen molar-refractivity contribution in [3.05, 3.63) is 29.4 Å². The number of carbonyl (C=O) groups is 1. The number of hydrogen-bond donors (Lipinski definition) is 1. The van der Waals surface area contributed by atoms with Gasteiger partial charge < -0.3 is 10.1 Å². The van der Waals surface area contributed by atoms with Crippen molar-refractivity contribution in [2.75, 3.05) is 12.4 Å². The first-order valence-corrected chi connectivity index (χ1v) is 7.15. The van der Waals surface area contributed by atoms with Gasteiger partial charge >= 0.3 is 0 Å². The van der Waals surface area contributed by atoms with E-state index in [1.165, 1.54) is 24.5 Å². The maximum atomic E-state index is 13.6. The van der Waals surface area contributed by atoms with Crippen LogP contribution in [0.4, 0.5) is 9.52 Å². The number of aromatic nitrogens is 1. The Bertz CT molecular complexity index is 652. The third-order valence-electron chi connectivity index (χ3n) is 3.13. The maximum Gasteiger partial charge on any atom is 0.229 e. The summed E-state index contributed by atoms with van der Waals surface area (Å²) in [7, 11) is 1.42. The number of methoxy groups -OCH3 is 1. The third kappa shape index (κ3) is 2.65. The first-order valence-electron chi connectivity index (χ1n) is 6.27. The van der Waals surface area contributed by atoms with Crippen molar-refractivity contribution in [2.45, 2.75) is 12.8 Å². The molecule has 1 aliphatic carbocycles. The third-order valence-corrected chi connectivity index (χ3v) is 3.89. The predicted molar refractivity (Wildman–Crippen MR) is 75.4 cm³/mol. The van der Waals surface area contributed by atoms with Crippen LogP contribution >= 0.6 is 11.3 Å². The van der Waals surface area contributed by atoms with E-state index in [1.54, 1.807) is 17.5 Å². The van der Waals surface area contributed by atoms with E-state index in [1.807, 2.05) is 0 Å². The van der Waals surface area contributed by atoms with E-state index >= 15 is 0 Å². The molecule has 0 spiro atoms. The first kappa shape index (κ1) is 13.1. The second kappa shape index (κ2) is 5.20. The van der Waals surface area contributed by atoms with Crippen molar-refractivity contribution in [1.29, 1.82) is 0 Å². The van der Waals surface area contributed by atoms with Crippen molar-refractivity contribution in [1.82, 2.24) is 4.98 Å². The topological polar surface area (TPSA) is 51.2 Å². The van der Waals surface area contributed by atoms with Gasteiger partial charge in [-0.05, 0) is 31.0 Å². The quantitative estimate of drug-likeness (QED) is 0.940. The molecule has 1 aliphatic rings. The molecular formula is C14H13FN2O2S. The van der Waals surface area contributed by atoms with Gasteiger partial charge in [-0.15, -0.1) is 11.3 Å². The molecule has 1 heterocycles. The lowest BCUT2D eigenvalue weighted by atomic mass is 10.1. The van der Waals surface area contributed by atoms with E-state index in [-0.39, 0.29) is 17.6 Å². The standard InChI is InChI=1S/C14H13FN2O2S/c1-19-12-5-4-9(6-10(12)15)11-7-20-14(16-11)17-13(18)8-2-3-8/h4-8H,2-3H2,1H3,(H,16,17,18). The van der Waals surface area contributed by atoms with Crippen LogP contribution in [-0.4, -0.2) is 18.0 Å². The fourth-order valence-corrected chi connectivity index (χ4v) is 2.57. The van der Waals surface area contributed by atoms with Gasteiger partial charge in [-0.2, -0.15) is 0 Å². The Hall–Kier alpha value is -1.95. The summed E-state index contributed by atoms with van der Waals surface area (Å²) in [5, 5.41) is 5.13. The molecule has 3 rings (SSSR count). The van der Waals surface area contributed by atoms with E-state index < -0.39 is 5.82 Å². The number of anilines is 1. The van der Waals surface area contributed by atoms with Crippen LogP contribution in [0.25, 0.3) is 11.3 Å². The second-order valence-electron chi connectivity index (χ2n) is 4.65. The Morgan fingerprint density at radius 2 is 2.30 bits per heavy atom. The lowest BCUT2D eigenvalue weighted by Crippen LogP contribution is -2.12. The summed E-state index contributed by atoms with van der Waals surface area (Å²) < 4.78 is 18.5. The molecule has 0 saturated heterocycles. The minimum atomic E-state index is -0.429. The summed E-state index contributed by atoms with van der Waals surface area (Å²) in [6, 6.07) is 4.68. The van der Waals surface area contributed by atoms with Gasteiger partial charge in [0.25, 0.3) is 0 Å². The lowest BCUT2D eigenvalue weighted by molar-refractivity contribution is -0.117. The zero-order valence-corrected chi connectivity index (χ0v) is 11.7. The van der Waals surface area contributed by atoms with Crippen molar-refractivity contribution in [2.24, 2.45) is 5.92 Å². The van der Waals surface area contributed by atoms with E-state index in [0.29, 0.717) is 16.4 Å². The predicted octanol–water partition coefficient (Wildman–Crippen LogP) is 3.31. The van der Waals surface area contributed by atoms with Crippen molar-refractivity contribution in [3.63, 3.8) is 0 Å². The van der Waals surface area contributed by atoms with Crippen molar-refractivity contribution >= 4 is 22.4 Å². The summed E-state index contributed by atoms with van der Waals surface area (Å²) in [5.74, 6) is -0.0691. The number of nitrogens with one attached hydrogen (secondary N) is 1. The highest BCUT2D eigenvalue weighted by atomic mass is 32.1. The van der Waals surface area contributed by atoms with Gasteiger partial charge in [-0.1, -0.05) is 0 Å². The Balaban J connectivity index is 1.78. The van der Waals surface area contributed by atoms with Gasteiger partial charge in [-0.25, -0.2) is 9.37 Å². The van der Waals surface area contributed by atoms with Crippen LogP contribution in [-0.2, 0) is 4.79 Å². The van der Waals surface area contributed by atoms with Crippen LogP contribution in [0.3, 0.4) is 0 Å². The van der Waals surface area contributed by atoms with Gasteiger partial charge in [0.1, 0.15) is 0 Å². The van der Waals surface area contributed by atoms with Crippen LogP contribution in [0.15, 0.2) is 23.6 Å². The second-order valence-corrected chi connectivity index (χ2v) is 5.51. The molecule has 1 N–H and O–H groups in total. The number of thiazole rings is 1. The summed E-state index contributed by atoms with van der Waals surface area (Å²) in [5.41, 5.74) is 1.30. The fourth-order valence-electron chi connectivity index (χ4n) is 1.84. The number of hydrogen-bond acceptors (Lipinski definition) is 4. The van der Waals surface area contributed by atoms with Crippen LogP contribution in [0.5, 0.6) is 5.75 Å². The van der Waals surface area contributed by atoms with Crippen molar-refractivity contribution in [3.8, 4) is 17.0 Å². The molecule has 2 aromatic rings. The summed E-state index contributed by atoms with van der Waals surface area (Å²) in [6.07, 6.45) is 1.90. The Morgan fingerprint density at radius 3 is 2.95 bits per heavy atom. The molecule has 6 heteroatoms. The molecule has 0 bridgehead atoms. The zero-order valence-electron chi connectivity index (χ0n) is 10.9. The SMILES string of the molecule is COc1ccc(-c2csc(NC(=O)C3CC3)n2)cc1F. The zero-order chi connectivity index (χ0) is 14.1. The molecule has 1 aromatic heterocycles. The molecule has 1 saturated carbocycles. The van der Waals surface area contributed by atoms with Gasteiger partial charge in [0, 0.05) is 16.9 Å². The highest BCUT2D eigenvalue weighted by molar-refractivity contribution is 7.14. The lowest BCUT2D eigenvalue weighted by Gasteiger charge is -2.03. The molecule has 0 radical (unpaired) electrons. The van der Waals surface area contributed by atoms with E-state index in [0.717, 1.165) is 12.8 Å². The van der Waals surface area contributed by atoms with E-state index in [4.69, 9.17) is 4.74 Å². The Labute approximate surface area is 119 Å². The maximum absolute atomic E-state index is 13.6. The number of nitrogens with zero attached hydrogens (tertiary/aromatic N) is 1. The first-order chi connectivity index (χ1) is 9.67. The molecule has 1 aromatic carbocycles. The summed E-state index contributed by atoms with van der Waals surface area (Å²) in [6.45, 7) is 0. The van der Waals surface area contributed by atoms with Crippen LogP contribution < -0.4 is 10.1 Å². The fraction of sp³-hybridized carbons (Fsp3) is 0.286. The molecular weight excluding hydrogens is 279 g/mol. The highest BCUT2D eigenvalue weighted by Crippen LogP contribution is 2.32. The minimum absolute atomic E-state index is 0.0202. The van der Waals surface area contributed by atoms with Crippen molar-refractivity contribution < 1.29 is 13.9 Å². The van der Waals surface area contributed by atoms with Gasteiger partial charge in [-0.3, -0.25) is 4.79 Å². The average Bonchev–Trinajstić information content (AvgIpc) is 3.19. The Morgan fingerprint density at radius 1 is 1.50 bits per heavy atom. The monoisotopic (exact) mass is 292 g/mol. The summed E-state index contributed by atoms with van der Waals surface area (Å²) in [4.78, 5) is 15.9. The highest BCUT2D eigenvalue weighted by Gasteiger charge is 2.30. The number of halogens is 1. The minimum Gasteiger partial charge on any atom is -0.494 e. The molecule has 0 unspecified atom stereocenters. The smallest absolute Gasteiger partial charge is 0.229 e. The van der Waals surface area contributed by atoms with E-state index in [9.17, 15) is 9.18 Å². The van der Waals surface area contributed by atoms with Crippen LogP contribution in [0.1, 0.15) is 12.8 Å². The molecule has 20 heavy (non-hydrogen) atoms. The molecule has 1 fully saturated rings. The largest absolute Gasteiger partial charge is 0.494 e. The van der Waals surface area contributed by atoms with Gasteiger partial charge in [0.15, 0.2) is 16.7 Å². The molecule has 1 amide bonds. The van der Waals surface area contributed by atoms with Crippen LogP contribution in [0.2, 0.25) is 0 Å². The van der Waals surface area contributed by atoms with E-state index in [2.05, 4.69) is 10.3 Å². The molecule has 4 nitrogen and oxygen atoms in total. The number of benzene rings is 1. The Kier molecular flexibility index (Phi) is 3.40. The summed E-state index contributed by atoms with van der Waals surface area (Å²) >= 11 is 1.34. The van der Waals surface area contributed by atoms with Gasteiger partial charge in [0.05, 0.1) is 12.8 Å². The van der Waals surface area contributed by atoms with Crippen LogP contribution in [0, 0.1) is 11.7 Å². The number of amides is 1.